The van der Waals surface area contributed by atoms with Gasteiger partial charge in [0.15, 0.2) is 0 Å². The summed E-state index contributed by atoms with van der Waals surface area (Å²) in [5.41, 5.74) is -0.0648. The summed E-state index contributed by atoms with van der Waals surface area (Å²) >= 11 is 0. The summed E-state index contributed by atoms with van der Waals surface area (Å²) in [5, 5.41) is 3.29. The van der Waals surface area contributed by atoms with Gasteiger partial charge in [0.1, 0.15) is 11.5 Å². The lowest BCUT2D eigenvalue weighted by Gasteiger charge is -2.55. The maximum Gasteiger partial charge on any atom is 0.226 e. The Kier molecular flexibility index (Phi) is 3.98. The second-order valence-corrected chi connectivity index (χ2v) is 8.84. The highest BCUT2D eigenvalue weighted by Gasteiger charge is 2.54. The van der Waals surface area contributed by atoms with Gasteiger partial charge < -0.3 is 9.73 Å². The molecule has 4 aliphatic carbocycles. The zero-order valence-corrected chi connectivity index (χ0v) is 15.2. The van der Waals surface area contributed by atoms with Crippen molar-refractivity contribution >= 4 is 5.91 Å². The van der Waals surface area contributed by atoms with Gasteiger partial charge in [-0.2, -0.15) is 0 Å². The van der Waals surface area contributed by atoms with E-state index < -0.39 is 0 Å². The number of rotatable bonds is 5. The van der Waals surface area contributed by atoms with E-state index in [0.29, 0.717) is 12.5 Å². The molecule has 4 fully saturated rings. The summed E-state index contributed by atoms with van der Waals surface area (Å²) < 4.78 is 5.80. The molecule has 1 aromatic heterocycles. The number of hydrogen-bond donors (Lipinski definition) is 1. The molecule has 0 aliphatic heterocycles. The van der Waals surface area contributed by atoms with Crippen LogP contribution in [0, 0.1) is 30.1 Å². The van der Waals surface area contributed by atoms with Crippen LogP contribution in [-0.4, -0.2) is 31.4 Å². The molecule has 4 saturated carbocycles. The van der Waals surface area contributed by atoms with Crippen LogP contribution in [0.25, 0.3) is 0 Å². The lowest BCUT2D eigenvalue weighted by molar-refractivity contribution is -0.146. The predicted octanol–water partition coefficient (Wildman–Crippen LogP) is 3.52. The van der Waals surface area contributed by atoms with E-state index >= 15 is 0 Å². The second kappa shape index (κ2) is 5.91. The van der Waals surface area contributed by atoms with Crippen LogP contribution >= 0.6 is 0 Å². The molecule has 1 N–H and O–H groups in total. The van der Waals surface area contributed by atoms with E-state index in [1.165, 1.54) is 19.3 Å². The second-order valence-electron chi connectivity index (χ2n) is 8.84. The number of nitrogens with one attached hydrogen (secondary N) is 1. The van der Waals surface area contributed by atoms with E-state index in [4.69, 9.17) is 4.42 Å². The normalized spacial score (nSPS) is 35.4. The highest BCUT2D eigenvalue weighted by molar-refractivity contribution is 5.83. The standard InChI is InChI=1S/C20H30N2O2/c1-13-4-5-18(24-13)17(22(2)3)12-21-19(23)20-9-14-6-15(10-20)8-16(7-14)11-20/h4-5,14-17H,6-12H2,1-3H3,(H,21,23). The average Bonchev–Trinajstić information content (AvgIpc) is 2.91. The van der Waals surface area contributed by atoms with Crippen molar-refractivity contribution in [3.05, 3.63) is 23.7 Å². The summed E-state index contributed by atoms with van der Waals surface area (Å²) in [5.74, 6) is 4.57. The molecule has 4 bridgehead atoms. The van der Waals surface area contributed by atoms with Gasteiger partial charge in [-0.15, -0.1) is 0 Å². The Labute approximate surface area is 145 Å². The van der Waals surface area contributed by atoms with Crippen molar-refractivity contribution in [1.29, 1.82) is 0 Å². The summed E-state index contributed by atoms with van der Waals surface area (Å²) in [4.78, 5) is 15.2. The molecule has 0 aromatic carbocycles. The monoisotopic (exact) mass is 330 g/mol. The number of aryl methyl sites for hydroxylation is 1. The fraction of sp³-hybridized carbons (Fsp3) is 0.750. The molecular formula is C20H30N2O2. The van der Waals surface area contributed by atoms with Gasteiger partial charge in [0, 0.05) is 12.0 Å². The number of carbonyl (C=O) groups excluding carboxylic acids is 1. The SMILES string of the molecule is Cc1ccc(C(CNC(=O)C23CC4CC(CC(C4)C2)C3)N(C)C)o1. The Morgan fingerprint density at radius 1 is 1.21 bits per heavy atom. The lowest BCUT2D eigenvalue weighted by atomic mass is 9.49. The minimum Gasteiger partial charge on any atom is -0.465 e. The molecule has 132 valence electrons. The van der Waals surface area contributed by atoms with E-state index in [0.717, 1.165) is 48.5 Å². The summed E-state index contributed by atoms with van der Waals surface area (Å²) in [6.45, 7) is 2.59. The van der Waals surface area contributed by atoms with Crippen molar-refractivity contribution in [1.82, 2.24) is 10.2 Å². The van der Waals surface area contributed by atoms with Crippen molar-refractivity contribution < 1.29 is 9.21 Å². The molecular weight excluding hydrogens is 300 g/mol. The molecule has 0 spiro atoms. The fourth-order valence-corrected chi connectivity index (χ4v) is 5.94. The molecule has 24 heavy (non-hydrogen) atoms. The van der Waals surface area contributed by atoms with Crippen molar-refractivity contribution in [3.8, 4) is 0 Å². The first-order valence-electron chi connectivity index (χ1n) is 9.46. The molecule has 4 aliphatic rings. The zero-order valence-electron chi connectivity index (χ0n) is 15.2. The minimum atomic E-state index is -0.0648. The van der Waals surface area contributed by atoms with Gasteiger partial charge in [0.25, 0.3) is 0 Å². The molecule has 4 heteroatoms. The molecule has 1 unspecified atom stereocenters. The van der Waals surface area contributed by atoms with E-state index in [2.05, 4.69) is 10.2 Å². The number of nitrogens with zero attached hydrogens (tertiary/aromatic N) is 1. The number of carbonyl (C=O) groups is 1. The molecule has 1 atom stereocenters. The summed E-state index contributed by atoms with van der Waals surface area (Å²) in [7, 11) is 4.08. The topological polar surface area (TPSA) is 45.5 Å². The van der Waals surface area contributed by atoms with Crippen LogP contribution in [0.1, 0.15) is 56.1 Å². The summed E-state index contributed by atoms with van der Waals surface area (Å²) in [6, 6.07) is 4.11. The van der Waals surface area contributed by atoms with Crippen LogP contribution < -0.4 is 5.32 Å². The number of hydrogen-bond acceptors (Lipinski definition) is 3. The maximum atomic E-state index is 13.1. The van der Waals surface area contributed by atoms with Crippen LogP contribution in [-0.2, 0) is 4.79 Å². The molecule has 0 saturated heterocycles. The van der Waals surface area contributed by atoms with Gasteiger partial charge in [-0.25, -0.2) is 0 Å². The first-order chi connectivity index (χ1) is 11.4. The van der Waals surface area contributed by atoms with Crippen molar-refractivity contribution in [2.24, 2.45) is 23.2 Å². The quantitative estimate of drug-likeness (QED) is 0.898. The van der Waals surface area contributed by atoms with Crippen molar-refractivity contribution in [3.63, 3.8) is 0 Å². The number of likely N-dealkylation sites (N-methyl/N-ethyl adjacent to an activating group) is 1. The summed E-state index contributed by atoms with van der Waals surface area (Å²) in [6.07, 6.45) is 7.49. The zero-order chi connectivity index (χ0) is 16.9. The largest absolute Gasteiger partial charge is 0.465 e. The third-order valence-electron chi connectivity index (χ3n) is 6.69. The molecule has 0 radical (unpaired) electrons. The average molecular weight is 330 g/mol. The highest BCUT2D eigenvalue weighted by Crippen LogP contribution is 2.60. The van der Waals surface area contributed by atoms with E-state index in [1.54, 1.807) is 0 Å². The van der Waals surface area contributed by atoms with Gasteiger partial charge >= 0.3 is 0 Å². The van der Waals surface area contributed by atoms with Gasteiger partial charge in [0.05, 0.1) is 6.04 Å². The Hall–Kier alpha value is -1.29. The maximum absolute atomic E-state index is 13.1. The van der Waals surface area contributed by atoms with Crippen molar-refractivity contribution in [2.45, 2.75) is 51.5 Å². The first-order valence-corrected chi connectivity index (χ1v) is 9.46. The van der Waals surface area contributed by atoms with Gasteiger partial charge in [-0.1, -0.05) is 0 Å². The van der Waals surface area contributed by atoms with Crippen LogP contribution in [0.15, 0.2) is 16.5 Å². The van der Waals surface area contributed by atoms with Gasteiger partial charge in [0.2, 0.25) is 5.91 Å². The van der Waals surface area contributed by atoms with Gasteiger partial charge in [-0.05, 0) is 89.4 Å². The third-order valence-corrected chi connectivity index (χ3v) is 6.69. The minimum absolute atomic E-state index is 0.0648. The van der Waals surface area contributed by atoms with Crippen LogP contribution in [0.5, 0.6) is 0 Å². The highest BCUT2D eigenvalue weighted by atomic mass is 16.3. The predicted molar refractivity (Wildman–Crippen MR) is 93.5 cm³/mol. The molecule has 5 rings (SSSR count). The fourth-order valence-electron chi connectivity index (χ4n) is 5.94. The Balaban J connectivity index is 1.44. The van der Waals surface area contributed by atoms with Crippen LogP contribution in [0.2, 0.25) is 0 Å². The number of furan rings is 1. The molecule has 4 nitrogen and oxygen atoms in total. The lowest BCUT2D eigenvalue weighted by Crippen LogP contribution is -2.54. The molecule has 1 aromatic rings. The Morgan fingerprint density at radius 3 is 2.25 bits per heavy atom. The number of amides is 1. The van der Waals surface area contributed by atoms with Crippen molar-refractivity contribution in [2.75, 3.05) is 20.6 Å². The molecule has 1 amide bonds. The van der Waals surface area contributed by atoms with E-state index in [9.17, 15) is 4.79 Å². The molecule has 1 heterocycles. The Bertz CT molecular complexity index is 584. The Morgan fingerprint density at radius 2 is 1.79 bits per heavy atom. The van der Waals surface area contributed by atoms with Crippen LogP contribution in [0.3, 0.4) is 0 Å². The van der Waals surface area contributed by atoms with Crippen LogP contribution in [0.4, 0.5) is 0 Å². The van der Waals surface area contributed by atoms with Gasteiger partial charge in [-0.3, -0.25) is 9.69 Å². The first kappa shape index (κ1) is 16.2. The van der Waals surface area contributed by atoms with E-state index in [1.807, 2.05) is 33.2 Å². The third kappa shape index (κ3) is 2.79. The van der Waals surface area contributed by atoms with E-state index in [-0.39, 0.29) is 11.5 Å². The smallest absolute Gasteiger partial charge is 0.226 e.